The second-order valence-electron chi connectivity index (χ2n) is 4.92. The molecule has 0 fully saturated rings. The number of benzene rings is 1. The minimum Gasteiger partial charge on any atom is -0.368 e. The first-order valence-corrected chi connectivity index (χ1v) is 6.49. The van der Waals surface area contributed by atoms with E-state index in [-0.39, 0.29) is 11.9 Å². The Labute approximate surface area is 112 Å². The molecule has 19 heavy (non-hydrogen) atoms. The molecular formula is C15H17N3O. The van der Waals surface area contributed by atoms with Crippen LogP contribution in [-0.4, -0.2) is 22.3 Å². The average Bonchev–Trinajstić information content (AvgIpc) is 2.91. The van der Waals surface area contributed by atoms with Gasteiger partial charge in [0.15, 0.2) is 0 Å². The van der Waals surface area contributed by atoms with Crippen molar-refractivity contribution in [3.8, 4) is 0 Å². The molecule has 0 bridgehead atoms. The summed E-state index contributed by atoms with van der Waals surface area (Å²) in [6, 6.07) is 11.7. The summed E-state index contributed by atoms with van der Waals surface area (Å²) >= 11 is 0. The number of aromatic nitrogens is 1. The molecule has 3 N–H and O–H groups in total. The van der Waals surface area contributed by atoms with Gasteiger partial charge in [0, 0.05) is 25.0 Å². The van der Waals surface area contributed by atoms with E-state index in [9.17, 15) is 4.79 Å². The van der Waals surface area contributed by atoms with Gasteiger partial charge in [0.25, 0.3) is 0 Å². The van der Waals surface area contributed by atoms with Crippen LogP contribution in [0, 0.1) is 0 Å². The van der Waals surface area contributed by atoms with E-state index in [1.54, 1.807) is 0 Å². The Morgan fingerprint density at radius 2 is 2.16 bits per heavy atom. The molecule has 4 nitrogen and oxygen atoms in total. The molecule has 1 atom stereocenters. The number of rotatable bonds is 3. The van der Waals surface area contributed by atoms with E-state index in [0.29, 0.717) is 0 Å². The second kappa shape index (κ2) is 4.90. The molecule has 4 heteroatoms. The molecule has 0 saturated heterocycles. The van der Waals surface area contributed by atoms with Crippen molar-refractivity contribution in [2.45, 2.75) is 19.0 Å². The zero-order valence-corrected chi connectivity index (χ0v) is 10.7. The van der Waals surface area contributed by atoms with Gasteiger partial charge >= 0.3 is 0 Å². The molecule has 0 saturated carbocycles. The highest BCUT2D eigenvalue weighted by atomic mass is 16.1. The highest BCUT2D eigenvalue weighted by molar-refractivity contribution is 5.82. The van der Waals surface area contributed by atoms with Gasteiger partial charge in [0.1, 0.15) is 6.04 Å². The average molecular weight is 255 g/mol. The van der Waals surface area contributed by atoms with Crippen molar-refractivity contribution in [3.05, 3.63) is 59.4 Å². The van der Waals surface area contributed by atoms with Gasteiger partial charge in [-0.25, -0.2) is 0 Å². The molecule has 0 aliphatic carbocycles. The summed E-state index contributed by atoms with van der Waals surface area (Å²) < 4.78 is 0. The highest BCUT2D eigenvalue weighted by Crippen LogP contribution is 2.30. The monoisotopic (exact) mass is 255 g/mol. The van der Waals surface area contributed by atoms with Gasteiger partial charge in [-0.15, -0.1) is 0 Å². The fourth-order valence-electron chi connectivity index (χ4n) is 2.81. The number of fused-ring (bicyclic) bond motifs is 1. The van der Waals surface area contributed by atoms with Crippen molar-refractivity contribution in [1.82, 2.24) is 9.88 Å². The Morgan fingerprint density at radius 1 is 1.32 bits per heavy atom. The molecule has 1 aliphatic rings. The van der Waals surface area contributed by atoms with Gasteiger partial charge in [-0.05, 0) is 29.7 Å². The van der Waals surface area contributed by atoms with E-state index in [1.165, 1.54) is 5.56 Å². The largest absolute Gasteiger partial charge is 0.368 e. The van der Waals surface area contributed by atoms with E-state index in [0.717, 1.165) is 30.8 Å². The molecule has 1 aromatic heterocycles. The Balaban J connectivity index is 1.92. The number of nitrogens with zero attached hydrogens (tertiary/aromatic N) is 1. The lowest BCUT2D eigenvalue weighted by Gasteiger charge is -2.35. The predicted octanol–water partition coefficient (Wildman–Crippen LogP) is 1.60. The maximum Gasteiger partial charge on any atom is 0.239 e. The summed E-state index contributed by atoms with van der Waals surface area (Å²) in [6.07, 6.45) is 2.85. The minimum absolute atomic E-state index is 0.279. The number of hydrogen-bond donors (Lipinski definition) is 2. The molecular weight excluding hydrogens is 238 g/mol. The summed E-state index contributed by atoms with van der Waals surface area (Å²) in [5, 5.41) is 0. The zero-order chi connectivity index (χ0) is 13.2. The Hall–Kier alpha value is -2.07. The van der Waals surface area contributed by atoms with Crippen molar-refractivity contribution in [1.29, 1.82) is 0 Å². The highest BCUT2D eigenvalue weighted by Gasteiger charge is 2.31. The third-order valence-corrected chi connectivity index (χ3v) is 3.69. The molecule has 1 aromatic carbocycles. The smallest absolute Gasteiger partial charge is 0.239 e. The van der Waals surface area contributed by atoms with E-state index in [2.05, 4.69) is 16.0 Å². The van der Waals surface area contributed by atoms with Gasteiger partial charge in [-0.2, -0.15) is 0 Å². The fraction of sp³-hybridized carbons (Fsp3) is 0.267. The molecule has 2 aromatic rings. The van der Waals surface area contributed by atoms with Crippen LogP contribution in [0.15, 0.2) is 42.6 Å². The van der Waals surface area contributed by atoms with Crippen molar-refractivity contribution in [2.75, 3.05) is 6.54 Å². The topological polar surface area (TPSA) is 62.1 Å². The number of carbonyl (C=O) groups is 1. The normalized spacial score (nSPS) is 19.1. The van der Waals surface area contributed by atoms with Gasteiger partial charge < -0.3 is 10.7 Å². The van der Waals surface area contributed by atoms with Gasteiger partial charge in [-0.3, -0.25) is 9.69 Å². The van der Waals surface area contributed by atoms with Gasteiger partial charge in [-0.1, -0.05) is 24.3 Å². The van der Waals surface area contributed by atoms with Crippen LogP contribution in [0.5, 0.6) is 0 Å². The van der Waals surface area contributed by atoms with Crippen LogP contribution in [0.1, 0.15) is 22.9 Å². The second-order valence-corrected chi connectivity index (χ2v) is 4.92. The lowest BCUT2D eigenvalue weighted by Crippen LogP contribution is -2.42. The molecule has 0 radical (unpaired) electrons. The van der Waals surface area contributed by atoms with Crippen LogP contribution >= 0.6 is 0 Å². The Kier molecular flexibility index (Phi) is 3.09. The number of amides is 1. The minimum atomic E-state index is -0.326. The van der Waals surface area contributed by atoms with Crippen LogP contribution in [-0.2, 0) is 17.8 Å². The Morgan fingerprint density at radius 3 is 2.89 bits per heavy atom. The summed E-state index contributed by atoms with van der Waals surface area (Å²) in [5.41, 5.74) is 8.99. The molecule has 1 aliphatic heterocycles. The molecule has 0 spiro atoms. The maximum atomic E-state index is 11.8. The lowest BCUT2D eigenvalue weighted by molar-refractivity contribution is -0.124. The van der Waals surface area contributed by atoms with Crippen molar-refractivity contribution >= 4 is 5.91 Å². The first-order valence-electron chi connectivity index (χ1n) is 6.49. The summed E-state index contributed by atoms with van der Waals surface area (Å²) in [7, 11) is 0. The number of hydrogen-bond acceptors (Lipinski definition) is 2. The first-order chi connectivity index (χ1) is 9.25. The van der Waals surface area contributed by atoms with E-state index >= 15 is 0 Å². The lowest BCUT2D eigenvalue weighted by atomic mass is 9.92. The molecule has 3 rings (SSSR count). The molecule has 1 amide bonds. The standard InChI is InChI=1S/C15H17N3O/c16-15(19)14-13-6-2-1-4-11(13)7-9-18(14)10-12-5-3-8-17-12/h1-6,8,14,17H,7,9-10H2,(H2,16,19). The third kappa shape index (κ3) is 2.27. The van der Waals surface area contributed by atoms with Crippen LogP contribution in [0.2, 0.25) is 0 Å². The van der Waals surface area contributed by atoms with Gasteiger partial charge in [0.2, 0.25) is 5.91 Å². The Bertz CT molecular complexity index is 577. The van der Waals surface area contributed by atoms with E-state index < -0.39 is 0 Å². The van der Waals surface area contributed by atoms with Crippen LogP contribution in [0.4, 0.5) is 0 Å². The quantitative estimate of drug-likeness (QED) is 0.875. The fourth-order valence-corrected chi connectivity index (χ4v) is 2.81. The predicted molar refractivity (Wildman–Crippen MR) is 73.3 cm³/mol. The van der Waals surface area contributed by atoms with Crippen LogP contribution < -0.4 is 5.73 Å². The number of nitrogens with two attached hydrogens (primary N) is 1. The number of H-pyrrole nitrogens is 1. The van der Waals surface area contributed by atoms with Crippen molar-refractivity contribution in [2.24, 2.45) is 5.73 Å². The van der Waals surface area contributed by atoms with Crippen molar-refractivity contribution < 1.29 is 4.79 Å². The van der Waals surface area contributed by atoms with E-state index in [1.807, 2.05) is 36.5 Å². The van der Waals surface area contributed by atoms with Gasteiger partial charge in [0.05, 0.1) is 0 Å². The van der Waals surface area contributed by atoms with Crippen molar-refractivity contribution in [3.63, 3.8) is 0 Å². The summed E-state index contributed by atoms with van der Waals surface area (Å²) in [5.74, 6) is -0.279. The third-order valence-electron chi connectivity index (χ3n) is 3.69. The van der Waals surface area contributed by atoms with E-state index in [4.69, 9.17) is 5.73 Å². The zero-order valence-electron chi connectivity index (χ0n) is 10.7. The maximum absolute atomic E-state index is 11.8. The summed E-state index contributed by atoms with van der Waals surface area (Å²) in [4.78, 5) is 17.1. The molecule has 98 valence electrons. The number of carbonyl (C=O) groups excluding carboxylic acids is 1. The van der Waals surface area contributed by atoms with Crippen LogP contribution in [0.3, 0.4) is 0 Å². The molecule has 2 heterocycles. The molecule has 1 unspecified atom stereocenters. The number of nitrogens with one attached hydrogen (secondary N) is 1. The number of aromatic amines is 1. The summed E-state index contributed by atoms with van der Waals surface area (Å²) in [6.45, 7) is 1.57. The SMILES string of the molecule is NC(=O)C1c2ccccc2CCN1Cc1ccc[nH]1. The van der Waals surface area contributed by atoms with Crippen LogP contribution in [0.25, 0.3) is 0 Å². The number of primary amides is 1. The first kappa shape index (κ1) is 12.0.